The third-order valence-corrected chi connectivity index (χ3v) is 15.6. The van der Waals surface area contributed by atoms with Crippen LogP contribution in [0.2, 0.25) is 0 Å². The first-order valence-electron chi connectivity index (χ1n) is 28.0. The molecule has 0 fully saturated rings. The lowest BCUT2D eigenvalue weighted by atomic mass is 10.00. The van der Waals surface area contributed by atoms with Gasteiger partial charge in [-0.3, -0.25) is 0 Å². The number of para-hydroxylation sites is 6. The number of rotatable bonds is 7. The van der Waals surface area contributed by atoms with E-state index in [-0.39, 0.29) is 0 Å². The number of ether oxygens (including phenoxy) is 2. The Bertz CT molecular complexity index is 4480. The molecule has 16 rings (SSSR count). The van der Waals surface area contributed by atoms with Crippen molar-refractivity contribution in [1.82, 2.24) is 29.9 Å². The summed E-state index contributed by atoms with van der Waals surface area (Å²) in [4.78, 5) is 31.6. The van der Waals surface area contributed by atoms with Crippen LogP contribution in [0.4, 0.5) is 17.1 Å². The summed E-state index contributed by atoms with van der Waals surface area (Å²) in [5, 5.41) is 4.38. The average Bonchev–Trinajstić information content (AvgIpc) is 3.48. The van der Waals surface area contributed by atoms with Gasteiger partial charge in [0.1, 0.15) is 11.5 Å². The standard InChI is InChI=1S/C37H24N4O.C25H16BrN3.C13H10O/c1-3-13-25(14-4-1)35-38-36(26-15-5-2-6-16-26)40-37(39-35)29-23-24-30(28-18-8-7-17-27(28)29)41-31-19-9-11-21-33(31)42-34-22-12-10-20-32(34)41;26-22-16-15-21(19-13-7-8-14-20(19)22)25-28-23(17-9-3-1-4-10-17)27-24(29-25)18-11-5-2-6-12-18;1-3-7-12-10(5-1)9-11-6-2-4-8-13(11)14-12/h1-24H;1-16H;1-8H,9H2. The Hall–Kier alpha value is -10.9. The van der Waals surface area contributed by atoms with E-state index in [0.717, 1.165) is 106 Å². The molecule has 2 aliphatic heterocycles. The van der Waals surface area contributed by atoms with Crippen molar-refractivity contribution < 1.29 is 9.47 Å². The van der Waals surface area contributed by atoms with Crippen LogP contribution in [0.3, 0.4) is 0 Å². The first-order chi connectivity index (χ1) is 42.1. The van der Waals surface area contributed by atoms with Gasteiger partial charge in [-0.05, 0) is 87.9 Å². The summed E-state index contributed by atoms with van der Waals surface area (Å²) >= 11 is 3.65. The number of fused-ring (bicyclic) bond motifs is 6. The Kier molecular flexibility index (Phi) is 14.4. The maximum atomic E-state index is 6.28. The molecule has 2 aromatic heterocycles. The van der Waals surface area contributed by atoms with E-state index in [9.17, 15) is 0 Å². The molecule has 0 saturated heterocycles. The van der Waals surface area contributed by atoms with E-state index in [0.29, 0.717) is 34.9 Å². The third-order valence-electron chi connectivity index (χ3n) is 14.9. The number of hydrogen-bond acceptors (Lipinski definition) is 9. The summed E-state index contributed by atoms with van der Waals surface area (Å²) in [7, 11) is 0. The van der Waals surface area contributed by atoms with Gasteiger partial charge >= 0.3 is 0 Å². The van der Waals surface area contributed by atoms with Crippen molar-refractivity contribution in [2.45, 2.75) is 6.42 Å². The molecule has 0 bridgehead atoms. The maximum Gasteiger partial charge on any atom is 0.164 e. The topological polar surface area (TPSA) is 99.0 Å². The van der Waals surface area contributed by atoms with Crippen LogP contribution in [0, 0.1) is 0 Å². The van der Waals surface area contributed by atoms with Gasteiger partial charge in [0.05, 0.1) is 17.1 Å². The van der Waals surface area contributed by atoms with Gasteiger partial charge in [0.2, 0.25) is 0 Å². The van der Waals surface area contributed by atoms with E-state index < -0.39 is 0 Å². The average molecular weight is 1160 g/mol. The molecule has 0 spiro atoms. The third kappa shape index (κ3) is 10.8. The van der Waals surface area contributed by atoms with Crippen LogP contribution >= 0.6 is 15.9 Å². The minimum absolute atomic E-state index is 0.633. The molecule has 9 nitrogen and oxygen atoms in total. The molecule has 14 aromatic rings. The van der Waals surface area contributed by atoms with Crippen LogP contribution in [0.1, 0.15) is 11.1 Å². The summed E-state index contributed by atoms with van der Waals surface area (Å²) in [6.45, 7) is 0. The fraction of sp³-hybridized carbons (Fsp3) is 0.0133. The highest BCUT2D eigenvalue weighted by Gasteiger charge is 2.28. The van der Waals surface area contributed by atoms with Crippen molar-refractivity contribution in [3.8, 4) is 91.3 Å². The number of halogens is 1. The lowest BCUT2D eigenvalue weighted by molar-refractivity contribution is 0.460. The molecule has 10 heteroatoms. The fourth-order valence-electron chi connectivity index (χ4n) is 10.8. The molecule has 0 saturated carbocycles. The van der Waals surface area contributed by atoms with Gasteiger partial charge in [-0.25, -0.2) is 29.9 Å². The highest BCUT2D eigenvalue weighted by atomic mass is 79.9. The molecule has 404 valence electrons. The molecular formula is C75H50BrN7O2. The van der Waals surface area contributed by atoms with E-state index >= 15 is 0 Å². The number of benzene rings is 12. The van der Waals surface area contributed by atoms with Crippen molar-refractivity contribution >= 4 is 54.5 Å². The summed E-state index contributed by atoms with van der Waals surface area (Å²) in [5.74, 6) is 7.55. The lowest BCUT2D eigenvalue weighted by Crippen LogP contribution is -2.16. The molecule has 0 unspecified atom stereocenters. The molecule has 0 N–H and O–H groups in total. The highest BCUT2D eigenvalue weighted by Crippen LogP contribution is 2.52. The summed E-state index contributed by atoms with van der Waals surface area (Å²) in [6, 6.07) is 98.0. The summed E-state index contributed by atoms with van der Waals surface area (Å²) in [5.41, 5.74) is 11.3. The van der Waals surface area contributed by atoms with Gasteiger partial charge in [0.15, 0.2) is 46.4 Å². The Balaban J connectivity index is 0.000000128. The Morgan fingerprint density at radius 3 is 1.02 bits per heavy atom. The van der Waals surface area contributed by atoms with Gasteiger partial charge in [-0.1, -0.05) is 246 Å². The van der Waals surface area contributed by atoms with Gasteiger partial charge in [0.25, 0.3) is 0 Å². The van der Waals surface area contributed by atoms with Gasteiger partial charge < -0.3 is 14.4 Å². The van der Waals surface area contributed by atoms with Crippen molar-refractivity contribution in [1.29, 1.82) is 0 Å². The second kappa shape index (κ2) is 23.5. The zero-order valence-corrected chi connectivity index (χ0v) is 47.3. The zero-order valence-electron chi connectivity index (χ0n) is 45.7. The van der Waals surface area contributed by atoms with E-state index in [2.05, 4.69) is 112 Å². The number of nitrogens with zero attached hydrogens (tertiary/aromatic N) is 7. The molecule has 2 aliphatic rings. The Labute approximate surface area is 500 Å². The minimum Gasteiger partial charge on any atom is -0.457 e. The van der Waals surface area contributed by atoms with Crippen molar-refractivity contribution in [2.24, 2.45) is 0 Å². The van der Waals surface area contributed by atoms with Crippen LogP contribution < -0.4 is 14.4 Å². The number of hydrogen-bond donors (Lipinski definition) is 0. The molecule has 0 radical (unpaired) electrons. The van der Waals surface area contributed by atoms with Crippen molar-refractivity contribution in [2.75, 3.05) is 4.90 Å². The lowest BCUT2D eigenvalue weighted by Gasteiger charge is -2.33. The van der Waals surface area contributed by atoms with Crippen LogP contribution in [0.15, 0.2) is 296 Å². The van der Waals surface area contributed by atoms with Crippen LogP contribution in [0.25, 0.3) is 89.9 Å². The van der Waals surface area contributed by atoms with E-state index in [4.69, 9.17) is 39.4 Å². The highest BCUT2D eigenvalue weighted by molar-refractivity contribution is 9.10. The van der Waals surface area contributed by atoms with E-state index in [1.165, 1.54) is 11.1 Å². The quantitative estimate of drug-likeness (QED) is 0.154. The van der Waals surface area contributed by atoms with Crippen molar-refractivity contribution in [3.63, 3.8) is 0 Å². The molecule has 0 atom stereocenters. The molecule has 0 amide bonds. The molecular weight excluding hydrogens is 1110 g/mol. The second-order valence-electron chi connectivity index (χ2n) is 20.3. The van der Waals surface area contributed by atoms with Crippen molar-refractivity contribution in [3.05, 3.63) is 307 Å². The summed E-state index contributed by atoms with van der Waals surface area (Å²) in [6.07, 6.45) is 0.979. The van der Waals surface area contributed by atoms with E-state index in [1.54, 1.807) is 0 Å². The maximum absolute atomic E-state index is 6.28. The normalized spacial score (nSPS) is 11.7. The predicted octanol–water partition coefficient (Wildman–Crippen LogP) is 19.8. The Morgan fingerprint density at radius 2 is 0.576 bits per heavy atom. The first-order valence-corrected chi connectivity index (χ1v) is 28.8. The SMILES string of the molecule is Brc1ccc(-c2nc(-c3ccccc3)nc(-c3ccccc3)n2)c2ccccc12.c1ccc(-c2nc(-c3ccccc3)nc(-c3ccc(N4c5ccccc5Oc5ccccc54)c4ccccc34)n2)cc1.c1ccc2c(c1)Cc1ccccc1O2. The predicted molar refractivity (Wildman–Crippen MR) is 346 cm³/mol. The first kappa shape index (κ1) is 52.2. The molecule has 4 heterocycles. The van der Waals surface area contributed by atoms with Crippen LogP contribution in [-0.2, 0) is 6.42 Å². The fourth-order valence-corrected chi connectivity index (χ4v) is 11.3. The molecule has 85 heavy (non-hydrogen) atoms. The van der Waals surface area contributed by atoms with Crippen LogP contribution in [-0.4, -0.2) is 29.9 Å². The largest absolute Gasteiger partial charge is 0.457 e. The number of anilines is 3. The second-order valence-corrected chi connectivity index (χ2v) is 21.1. The zero-order chi connectivity index (χ0) is 56.9. The molecule has 12 aromatic carbocycles. The smallest absolute Gasteiger partial charge is 0.164 e. The van der Waals surface area contributed by atoms with Gasteiger partial charge in [0, 0.05) is 49.7 Å². The minimum atomic E-state index is 0.633. The molecule has 0 aliphatic carbocycles. The van der Waals surface area contributed by atoms with Gasteiger partial charge in [-0.2, -0.15) is 0 Å². The van der Waals surface area contributed by atoms with Crippen LogP contribution in [0.5, 0.6) is 23.0 Å². The summed E-state index contributed by atoms with van der Waals surface area (Å²) < 4.78 is 13.1. The van der Waals surface area contributed by atoms with Gasteiger partial charge in [-0.15, -0.1) is 0 Å². The van der Waals surface area contributed by atoms with E-state index in [1.807, 2.05) is 200 Å². The Morgan fingerprint density at radius 1 is 0.259 bits per heavy atom. The number of aromatic nitrogens is 6. The monoisotopic (exact) mass is 1160 g/mol.